The predicted molar refractivity (Wildman–Crippen MR) is 175 cm³/mol. The molecule has 228 valence electrons. The number of rotatable bonds is 10. The van der Waals surface area contributed by atoms with Gasteiger partial charge in [-0.25, -0.2) is 5.01 Å². The molecule has 3 aromatic carbocycles. The Bertz CT molecular complexity index is 1840. The first-order valence-corrected chi connectivity index (χ1v) is 15.9. The molecule has 0 bridgehead atoms. The van der Waals surface area contributed by atoms with Crippen LogP contribution in [0.15, 0.2) is 110 Å². The lowest BCUT2D eigenvalue weighted by molar-refractivity contribution is -0.130. The maximum Gasteiger partial charge on any atom is 0.287 e. The number of carbonyl (C=O) groups excluding carboxylic acids is 2. The van der Waals surface area contributed by atoms with Crippen molar-refractivity contribution in [1.29, 1.82) is 0 Å². The first kappa shape index (κ1) is 30.4. The number of aromatic nitrogens is 3. The second kappa shape index (κ2) is 13.5. The monoisotopic (exact) mass is 684 g/mol. The lowest BCUT2D eigenvalue weighted by Gasteiger charge is -2.22. The van der Waals surface area contributed by atoms with Crippen molar-refractivity contribution in [2.24, 2.45) is 5.10 Å². The summed E-state index contributed by atoms with van der Waals surface area (Å²) in [7, 11) is 1.58. The molecule has 1 atom stereocenters. The first-order chi connectivity index (χ1) is 21.9. The molecule has 2 aromatic heterocycles. The fraction of sp³-hybridized carbons (Fsp3) is 0.182. The lowest BCUT2D eigenvalue weighted by Crippen LogP contribution is -2.28. The quantitative estimate of drug-likeness (QED) is 0.171. The molecule has 0 spiro atoms. The van der Waals surface area contributed by atoms with Gasteiger partial charge < -0.3 is 14.5 Å². The minimum Gasteiger partial charge on any atom is -0.495 e. The summed E-state index contributed by atoms with van der Waals surface area (Å²) < 4.78 is 13.6. The molecule has 1 aliphatic rings. The van der Waals surface area contributed by atoms with Gasteiger partial charge in [0.05, 0.1) is 43.1 Å². The molecule has 10 nitrogen and oxygen atoms in total. The highest BCUT2D eigenvalue weighted by Crippen LogP contribution is 2.35. The zero-order valence-electron chi connectivity index (χ0n) is 24.5. The average Bonchev–Trinajstić information content (AvgIpc) is 3.84. The van der Waals surface area contributed by atoms with Gasteiger partial charge in [-0.3, -0.25) is 14.2 Å². The lowest BCUT2D eigenvalue weighted by atomic mass is 9.98. The predicted octanol–water partition coefficient (Wildman–Crippen LogP) is 6.34. The Morgan fingerprint density at radius 1 is 1.02 bits per heavy atom. The highest BCUT2D eigenvalue weighted by Gasteiger charge is 2.33. The van der Waals surface area contributed by atoms with E-state index in [9.17, 15) is 9.59 Å². The third-order valence-electron chi connectivity index (χ3n) is 7.31. The van der Waals surface area contributed by atoms with Crippen LogP contribution in [0.25, 0.3) is 5.69 Å². The normalized spacial score (nSPS) is 14.3. The van der Waals surface area contributed by atoms with Gasteiger partial charge >= 0.3 is 0 Å². The van der Waals surface area contributed by atoms with E-state index >= 15 is 0 Å². The van der Waals surface area contributed by atoms with Crippen molar-refractivity contribution in [2.45, 2.75) is 31.1 Å². The first-order valence-electron chi connectivity index (χ1n) is 14.2. The summed E-state index contributed by atoms with van der Waals surface area (Å²) in [5.41, 5.74) is 4.65. The second-order valence-corrected chi connectivity index (χ2v) is 12.1. The van der Waals surface area contributed by atoms with Crippen molar-refractivity contribution in [1.82, 2.24) is 25.1 Å². The largest absolute Gasteiger partial charge is 0.495 e. The van der Waals surface area contributed by atoms with Gasteiger partial charge in [-0.1, -0.05) is 81.8 Å². The van der Waals surface area contributed by atoms with Gasteiger partial charge in [0.15, 0.2) is 16.7 Å². The topological polar surface area (TPSA) is 115 Å². The number of hydrazone groups is 1. The molecule has 0 saturated carbocycles. The summed E-state index contributed by atoms with van der Waals surface area (Å²) in [5.74, 6) is 0.756. The van der Waals surface area contributed by atoms with Crippen LogP contribution in [-0.2, 0) is 11.3 Å². The Hall–Kier alpha value is -4.68. The standard InChI is InChI=1S/C33H29BrN6O4S/c1-21-9-11-23(12-10-21)27-18-25(22-13-15-24(34)16-14-22)38-40(27)31(41)20-45-33-37-36-30(19-35-32(42)29-8-5-17-44-29)39(33)26-6-3-4-7-28(26)43-2/h3-17,27H,18-20H2,1-2H3,(H,35,42)/t27-/m0/s1. The van der Waals surface area contributed by atoms with Crippen molar-refractivity contribution in [3.8, 4) is 11.4 Å². The fourth-order valence-corrected chi connectivity index (χ4v) is 6.10. The van der Waals surface area contributed by atoms with Crippen molar-refractivity contribution < 1.29 is 18.7 Å². The van der Waals surface area contributed by atoms with Crippen LogP contribution in [0, 0.1) is 6.92 Å². The van der Waals surface area contributed by atoms with Crippen LogP contribution in [0.3, 0.4) is 0 Å². The van der Waals surface area contributed by atoms with Gasteiger partial charge in [-0.05, 0) is 54.4 Å². The number of halogens is 1. The second-order valence-electron chi connectivity index (χ2n) is 10.3. The third-order valence-corrected chi connectivity index (χ3v) is 8.75. The molecule has 2 amide bonds. The molecule has 1 N–H and O–H groups in total. The van der Waals surface area contributed by atoms with Crippen molar-refractivity contribution >= 4 is 45.2 Å². The van der Waals surface area contributed by atoms with Gasteiger partial charge in [0.25, 0.3) is 11.8 Å². The van der Waals surface area contributed by atoms with E-state index in [0.717, 1.165) is 26.9 Å². The molecule has 1 aliphatic heterocycles. The van der Waals surface area contributed by atoms with Gasteiger partial charge in [0, 0.05) is 10.9 Å². The number of ether oxygens (including phenoxy) is 1. The van der Waals surface area contributed by atoms with Gasteiger partial charge in [-0.15, -0.1) is 10.2 Å². The minimum atomic E-state index is -0.380. The summed E-state index contributed by atoms with van der Waals surface area (Å²) in [6.07, 6.45) is 2.03. The van der Waals surface area contributed by atoms with Crippen molar-refractivity contribution in [2.75, 3.05) is 12.9 Å². The number of nitrogens with one attached hydrogen (secondary N) is 1. The van der Waals surface area contributed by atoms with E-state index in [4.69, 9.17) is 14.3 Å². The van der Waals surface area contributed by atoms with Gasteiger partial charge in [0.2, 0.25) is 0 Å². The van der Waals surface area contributed by atoms with E-state index in [2.05, 4.69) is 43.6 Å². The van der Waals surface area contributed by atoms with E-state index in [0.29, 0.717) is 28.8 Å². The molecular formula is C33H29BrN6O4S. The van der Waals surface area contributed by atoms with E-state index in [1.54, 1.807) is 28.8 Å². The van der Waals surface area contributed by atoms with E-state index in [-0.39, 0.29) is 35.9 Å². The Morgan fingerprint density at radius 3 is 2.53 bits per heavy atom. The van der Waals surface area contributed by atoms with Gasteiger partial charge in [-0.2, -0.15) is 5.10 Å². The molecule has 0 fully saturated rings. The molecular weight excluding hydrogens is 656 g/mol. The third kappa shape index (κ3) is 6.71. The van der Waals surface area contributed by atoms with Crippen LogP contribution in [0.4, 0.5) is 0 Å². The summed E-state index contributed by atoms with van der Waals surface area (Å²) in [5, 5.41) is 18.5. The Balaban J connectivity index is 1.27. The number of methoxy groups -OCH3 is 1. The molecule has 3 heterocycles. The number of hydrogen-bond acceptors (Lipinski definition) is 8. The van der Waals surface area contributed by atoms with Crippen LogP contribution >= 0.6 is 27.7 Å². The average molecular weight is 686 g/mol. The van der Waals surface area contributed by atoms with Gasteiger partial charge in [0.1, 0.15) is 5.75 Å². The van der Waals surface area contributed by atoms with E-state index < -0.39 is 0 Å². The Labute approximate surface area is 272 Å². The Morgan fingerprint density at radius 2 is 1.80 bits per heavy atom. The van der Waals surface area contributed by atoms with E-state index in [1.807, 2.05) is 67.6 Å². The Kier molecular flexibility index (Phi) is 9.13. The summed E-state index contributed by atoms with van der Waals surface area (Å²) >= 11 is 4.74. The van der Waals surface area contributed by atoms with Crippen LogP contribution in [-0.4, -0.2) is 50.2 Å². The number of para-hydroxylation sites is 2. The molecule has 12 heteroatoms. The molecule has 0 aliphatic carbocycles. The molecule has 5 aromatic rings. The van der Waals surface area contributed by atoms with Crippen LogP contribution in [0.1, 0.15) is 45.5 Å². The smallest absolute Gasteiger partial charge is 0.287 e. The highest BCUT2D eigenvalue weighted by atomic mass is 79.9. The number of benzene rings is 3. The summed E-state index contributed by atoms with van der Waals surface area (Å²) in [6.45, 7) is 2.11. The highest BCUT2D eigenvalue weighted by molar-refractivity contribution is 9.10. The molecule has 6 rings (SSSR count). The molecule has 0 saturated heterocycles. The maximum atomic E-state index is 13.9. The maximum absolute atomic E-state index is 13.9. The number of thioether (sulfide) groups is 1. The zero-order chi connectivity index (χ0) is 31.3. The zero-order valence-corrected chi connectivity index (χ0v) is 26.9. The van der Waals surface area contributed by atoms with Crippen molar-refractivity contribution in [3.63, 3.8) is 0 Å². The number of carbonyl (C=O) groups is 2. The number of hydrogen-bond donors (Lipinski definition) is 1. The summed E-state index contributed by atoms with van der Waals surface area (Å²) in [4.78, 5) is 26.4. The summed E-state index contributed by atoms with van der Waals surface area (Å²) in [6, 6.07) is 26.6. The van der Waals surface area contributed by atoms with E-state index in [1.165, 1.54) is 18.0 Å². The number of nitrogens with zero attached hydrogens (tertiary/aromatic N) is 5. The SMILES string of the molecule is COc1ccccc1-n1c(CNC(=O)c2ccco2)nnc1SCC(=O)N1N=C(c2ccc(Br)cc2)C[C@H]1c1ccc(C)cc1. The number of furan rings is 1. The molecule has 45 heavy (non-hydrogen) atoms. The van der Waals surface area contributed by atoms with Crippen LogP contribution < -0.4 is 10.1 Å². The van der Waals surface area contributed by atoms with Crippen molar-refractivity contribution in [3.05, 3.63) is 124 Å². The minimum absolute atomic E-state index is 0.0610. The number of amides is 2. The molecule has 0 unspecified atom stereocenters. The van der Waals surface area contributed by atoms with Crippen LogP contribution in [0.2, 0.25) is 0 Å². The number of aryl methyl sites for hydroxylation is 1. The fourth-order valence-electron chi connectivity index (χ4n) is 5.02. The molecule has 0 radical (unpaired) electrons. The van der Waals surface area contributed by atoms with Crippen LogP contribution in [0.5, 0.6) is 5.75 Å².